The van der Waals surface area contributed by atoms with Gasteiger partial charge in [0.25, 0.3) is 0 Å². The van der Waals surface area contributed by atoms with Gasteiger partial charge in [0.05, 0.1) is 17.2 Å². The number of rotatable bonds is 7. The van der Waals surface area contributed by atoms with Crippen molar-refractivity contribution in [2.75, 3.05) is 19.9 Å². The number of ether oxygens (including phenoxy) is 2. The lowest BCUT2D eigenvalue weighted by Gasteiger charge is -2.11. The van der Waals surface area contributed by atoms with Gasteiger partial charge in [-0.2, -0.15) is 0 Å². The average molecular weight is 502 g/mol. The van der Waals surface area contributed by atoms with E-state index in [2.05, 4.69) is 46.8 Å². The van der Waals surface area contributed by atoms with Crippen LogP contribution in [0.4, 0.5) is 0 Å². The van der Waals surface area contributed by atoms with E-state index in [1.165, 1.54) is 5.01 Å². The summed E-state index contributed by atoms with van der Waals surface area (Å²) < 4.78 is 10.8. The number of hydrogen-bond acceptors (Lipinski definition) is 5. The highest BCUT2D eigenvalue weighted by molar-refractivity contribution is 14.0. The lowest BCUT2D eigenvalue weighted by atomic mass is 10.2. The Bertz CT molecular complexity index is 764. The molecule has 2 aromatic rings. The normalized spacial score (nSPS) is 12.8. The fourth-order valence-corrected chi connectivity index (χ4v) is 3.43. The van der Waals surface area contributed by atoms with Gasteiger partial charge in [-0.15, -0.1) is 35.3 Å². The molecule has 0 atom stereocenters. The average Bonchev–Trinajstić information content (AvgIpc) is 3.28. The first-order valence-corrected chi connectivity index (χ1v) is 9.88. The summed E-state index contributed by atoms with van der Waals surface area (Å²) in [6.45, 7) is 8.91. The topological polar surface area (TPSA) is 67.8 Å². The molecular weight excluding hydrogens is 475 g/mol. The number of aromatic nitrogens is 1. The lowest BCUT2D eigenvalue weighted by Crippen LogP contribution is -2.38. The second kappa shape index (κ2) is 10.7. The number of nitrogens with zero attached hydrogens (tertiary/aromatic N) is 2. The maximum Gasteiger partial charge on any atom is 0.231 e. The number of halogens is 1. The standard InChI is InChI=1S/C19H26N4O2S.HI/c1-4-20-19(21-8-7-15-11-26-18(23-15)13(2)3)22-10-14-5-6-16-17(9-14)25-12-24-16;/h5-6,9,11,13H,4,7-8,10,12H2,1-3H3,(H2,20,21,22);1H. The Kier molecular flexibility index (Phi) is 8.62. The van der Waals surface area contributed by atoms with E-state index >= 15 is 0 Å². The quantitative estimate of drug-likeness (QED) is 0.342. The van der Waals surface area contributed by atoms with E-state index in [-0.39, 0.29) is 24.0 Å². The zero-order valence-electron chi connectivity index (χ0n) is 15.9. The molecule has 3 rings (SSSR count). The van der Waals surface area contributed by atoms with E-state index in [4.69, 9.17) is 9.47 Å². The van der Waals surface area contributed by atoms with E-state index in [9.17, 15) is 0 Å². The third-order valence-electron chi connectivity index (χ3n) is 3.94. The van der Waals surface area contributed by atoms with Crippen molar-refractivity contribution in [2.45, 2.75) is 39.7 Å². The first kappa shape index (κ1) is 21.7. The van der Waals surface area contributed by atoms with Crippen LogP contribution in [-0.4, -0.2) is 30.8 Å². The summed E-state index contributed by atoms with van der Waals surface area (Å²) in [5, 5.41) is 10.0. The molecule has 0 radical (unpaired) electrons. The summed E-state index contributed by atoms with van der Waals surface area (Å²) in [4.78, 5) is 9.33. The number of guanidine groups is 1. The molecule has 0 spiro atoms. The molecule has 1 aromatic carbocycles. The highest BCUT2D eigenvalue weighted by Crippen LogP contribution is 2.32. The first-order chi connectivity index (χ1) is 12.7. The molecule has 0 bridgehead atoms. The van der Waals surface area contributed by atoms with Crippen LogP contribution in [-0.2, 0) is 13.0 Å². The molecule has 6 nitrogen and oxygen atoms in total. The van der Waals surface area contributed by atoms with Crippen LogP contribution in [0, 0.1) is 0 Å². The fourth-order valence-electron chi connectivity index (χ4n) is 2.56. The predicted octanol–water partition coefficient (Wildman–Crippen LogP) is 3.91. The maximum absolute atomic E-state index is 5.42. The number of thiazole rings is 1. The van der Waals surface area contributed by atoms with Crippen molar-refractivity contribution in [1.82, 2.24) is 15.6 Å². The Balaban J connectivity index is 0.00000261. The molecule has 1 aliphatic heterocycles. The van der Waals surface area contributed by atoms with E-state index < -0.39 is 0 Å². The van der Waals surface area contributed by atoms with Gasteiger partial charge in [-0.3, -0.25) is 0 Å². The van der Waals surface area contributed by atoms with Crippen LogP contribution in [0.15, 0.2) is 28.6 Å². The zero-order chi connectivity index (χ0) is 18.4. The van der Waals surface area contributed by atoms with Crippen molar-refractivity contribution in [2.24, 2.45) is 4.99 Å². The molecule has 0 aliphatic carbocycles. The van der Waals surface area contributed by atoms with Crippen LogP contribution in [0.1, 0.15) is 43.0 Å². The molecule has 2 N–H and O–H groups in total. The van der Waals surface area contributed by atoms with E-state index in [1.54, 1.807) is 11.3 Å². The van der Waals surface area contributed by atoms with Crippen molar-refractivity contribution in [3.8, 4) is 11.5 Å². The molecule has 148 valence electrons. The van der Waals surface area contributed by atoms with Crippen LogP contribution >= 0.6 is 35.3 Å². The first-order valence-electron chi connectivity index (χ1n) is 9.00. The number of nitrogens with one attached hydrogen (secondary N) is 2. The third kappa shape index (κ3) is 6.24. The Morgan fingerprint density at radius 1 is 1.26 bits per heavy atom. The molecule has 27 heavy (non-hydrogen) atoms. The molecule has 2 heterocycles. The minimum absolute atomic E-state index is 0. The maximum atomic E-state index is 5.42. The molecule has 0 saturated carbocycles. The minimum atomic E-state index is 0. The van der Waals surface area contributed by atoms with E-state index in [1.807, 2.05) is 18.2 Å². The van der Waals surface area contributed by atoms with Crippen molar-refractivity contribution < 1.29 is 9.47 Å². The number of aliphatic imine (C=N–C) groups is 1. The summed E-state index contributed by atoms with van der Waals surface area (Å²) >= 11 is 1.74. The number of benzene rings is 1. The lowest BCUT2D eigenvalue weighted by molar-refractivity contribution is 0.174. The minimum Gasteiger partial charge on any atom is -0.454 e. The summed E-state index contributed by atoms with van der Waals surface area (Å²) in [5.74, 6) is 2.89. The Labute approximate surface area is 181 Å². The van der Waals surface area contributed by atoms with Crippen LogP contribution < -0.4 is 20.1 Å². The van der Waals surface area contributed by atoms with Crippen LogP contribution in [0.3, 0.4) is 0 Å². The Hall–Kier alpha value is -1.55. The van der Waals surface area contributed by atoms with Crippen molar-refractivity contribution in [3.63, 3.8) is 0 Å². The van der Waals surface area contributed by atoms with Crippen LogP contribution in [0.5, 0.6) is 11.5 Å². The van der Waals surface area contributed by atoms with Gasteiger partial charge in [-0.25, -0.2) is 9.98 Å². The van der Waals surface area contributed by atoms with Crippen LogP contribution in [0.25, 0.3) is 0 Å². The van der Waals surface area contributed by atoms with E-state index in [0.717, 1.165) is 48.2 Å². The number of fused-ring (bicyclic) bond motifs is 1. The molecule has 0 amide bonds. The Morgan fingerprint density at radius 2 is 2.07 bits per heavy atom. The molecule has 0 unspecified atom stereocenters. The Morgan fingerprint density at radius 3 is 2.81 bits per heavy atom. The highest BCUT2D eigenvalue weighted by Gasteiger charge is 2.13. The third-order valence-corrected chi connectivity index (χ3v) is 5.13. The summed E-state index contributed by atoms with van der Waals surface area (Å²) in [6.07, 6.45) is 0.887. The summed E-state index contributed by atoms with van der Waals surface area (Å²) in [5.41, 5.74) is 2.23. The highest BCUT2D eigenvalue weighted by atomic mass is 127. The van der Waals surface area contributed by atoms with Gasteiger partial charge >= 0.3 is 0 Å². The van der Waals surface area contributed by atoms with E-state index in [0.29, 0.717) is 19.3 Å². The molecular formula is C19H27IN4O2S. The summed E-state index contributed by atoms with van der Waals surface area (Å²) in [6, 6.07) is 5.93. The van der Waals surface area contributed by atoms with Crippen molar-refractivity contribution in [1.29, 1.82) is 0 Å². The molecule has 8 heteroatoms. The van der Waals surface area contributed by atoms with Crippen molar-refractivity contribution >= 4 is 41.3 Å². The van der Waals surface area contributed by atoms with Crippen LogP contribution in [0.2, 0.25) is 0 Å². The molecule has 0 fully saturated rings. The van der Waals surface area contributed by atoms with Gasteiger partial charge in [0.1, 0.15) is 0 Å². The van der Waals surface area contributed by atoms with Crippen molar-refractivity contribution in [3.05, 3.63) is 39.8 Å². The van der Waals surface area contributed by atoms with Gasteiger partial charge in [-0.05, 0) is 24.6 Å². The SMILES string of the molecule is CCNC(=NCc1ccc2c(c1)OCO2)NCCc1csc(C(C)C)n1.I. The molecule has 1 aliphatic rings. The largest absolute Gasteiger partial charge is 0.454 e. The second-order valence-corrected chi connectivity index (χ2v) is 7.28. The monoisotopic (exact) mass is 502 g/mol. The fraction of sp³-hybridized carbons (Fsp3) is 0.474. The number of hydrogen-bond donors (Lipinski definition) is 2. The second-order valence-electron chi connectivity index (χ2n) is 6.39. The smallest absolute Gasteiger partial charge is 0.231 e. The molecule has 1 aromatic heterocycles. The van der Waals surface area contributed by atoms with Gasteiger partial charge in [0.15, 0.2) is 17.5 Å². The predicted molar refractivity (Wildman–Crippen MR) is 121 cm³/mol. The zero-order valence-corrected chi connectivity index (χ0v) is 19.1. The van der Waals surface area contributed by atoms with Gasteiger partial charge in [-0.1, -0.05) is 19.9 Å². The summed E-state index contributed by atoms with van der Waals surface area (Å²) in [7, 11) is 0. The molecule has 0 saturated heterocycles. The van der Waals surface area contributed by atoms with Gasteiger partial charge < -0.3 is 20.1 Å². The van der Waals surface area contributed by atoms with Gasteiger partial charge in [0, 0.05) is 30.8 Å². The van der Waals surface area contributed by atoms with Gasteiger partial charge in [0.2, 0.25) is 6.79 Å².